The van der Waals surface area contributed by atoms with E-state index < -0.39 is 0 Å². The molecule has 0 spiro atoms. The zero-order valence-electron chi connectivity index (χ0n) is 11.6. The molecule has 2 N–H and O–H groups in total. The lowest BCUT2D eigenvalue weighted by Crippen LogP contribution is -2.27. The fourth-order valence-corrected chi connectivity index (χ4v) is 2.27. The molecule has 0 radical (unpaired) electrons. The highest BCUT2D eigenvalue weighted by molar-refractivity contribution is 6.34. The van der Waals surface area contributed by atoms with E-state index in [9.17, 15) is 4.79 Å². The molecule has 0 aliphatic carbocycles. The molecule has 1 aromatic heterocycles. The molecule has 5 heteroatoms. The first-order valence-corrected chi connectivity index (χ1v) is 6.54. The molecule has 0 saturated carbocycles. The molecule has 0 aliphatic rings. The molecule has 1 amide bonds. The summed E-state index contributed by atoms with van der Waals surface area (Å²) < 4.78 is 0. The summed E-state index contributed by atoms with van der Waals surface area (Å²) in [6.45, 7) is 3.98. The van der Waals surface area contributed by atoms with E-state index in [0.717, 1.165) is 16.8 Å². The van der Waals surface area contributed by atoms with Crippen molar-refractivity contribution >= 4 is 29.0 Å². The summed E-state index contributed by atoms with van der Waals surface area (Å²) in [5.41, 5.74) is 8.98. The van der Waals surface area contributed by atoms with Crippen LogP contribution in [-0.4, -0.2) is 17.9 Å². The van der Waals surface area contributed by atoms with Crippen LogP contribution in [-0.2, 0) is 0 Å². The summed E-state index contributed by atoms with van der Waals surface area (Å²) in [5, 5.41) is 0.292. The van der Waals surface area contributed by atoms with E-state index >= 15 is 0 Å². The van der Waals surface area contributed by atoms with Gasteiger partial charge >= 0.3 is 0 Å². The Hall–Kier alpha value is -2.07. The minimum atomic E-state index is -0.212. The fourth-order valence-electron chi connectivity index (χ4n) is 2.09. The third-order valence-electron chi connectivity index (χ3n) is 3.13. The topological polar surface area (TPSA) is 59.2 Å². The van der Waals surface area contributed by atoms with E-state index in [1.807, 2.05) is 32.0 Å². The number of amides is 1. The summed E-state index contributed by atoms with van der Waals surface area (Å²) in [4.78, 5) is 17.9. The van der Waals surface area contributed by atoms with E-state index in [1.54, 1.807) is 11.9 Å². The lowest BCUT2D eigenvalue weighted by molar-refractivity contribution is 0.0993. The first kappa shape index (κ1) is 14.3. The Morgan fingerprint density at radius 2 is 2.00 bits per heavy atom. The number of rotatable bonds is 2. The third-order valence-corrected chi connectivity index (χ3v) is 3.43. The van der Waals surface area contributed by atoms with Gasteiger partial charge in [0.25, 0.3) is 5.91 Å². The summed E-state index contributed by atoms with van der Waals surface area (Å²) in [7, 11) is 1.72. The molecule has 2 aromatic rings. The second-order valence-electron chi connectivity index (χ2n) is 4.74. The first-order valence-electron chi connectivity index (χ1n) is 6.16. The number of aromatic nitrogens is 1. The number of pyridine rings is 1. The van der Waals surface area contributed by atoms with Crippen molar-refractivity contribution in [3.63, 3.8) is 0 Å². The Kier molecular flexibility index (Phi) is 3.95. The highest BCUT2D eigenvalue weighted by atomic mass is 35.5. The molecule has 0 bridgehead atoms. The Labute approximate surface area is 123 Å². The summed E-state index contributed by atoms with van der Waals surface area (Å²) in [5.74, 6) is 0.0582. The fraction of sp³-hybridized carbons (Fsp3) is 0.200. The van der Waals surface area contributed by atoms with Gasteiger partial charge in [0, 0.05) is 18.9 Å². The monoisotopic (exact) mass is 289 g/mol. The molecule has 1 heterocycles. The van der Waals surface area contributed by atoms with Gasteiger partial charge in [-0.3, -0.25) is 4.79 Å². The van der Waals surface area contributed by atoms with Gasteiger partial charge in [0.15, 0.2) is 0 Å². The van der Waals surface area contributed by atoms with Gasteiger partial charge in [-0.2, -0.15) is 0 Å². The molecule has 0 fully saturated rings. The quantitative estimate of drug-likeness (QED) is 0.923. The zero-order valence-corrected chi connectivity index (χ0v) is 12.4. The van der Waals surface area contributed by atoms with Crippen LogP contribution in [0, 0.1) is 13.8 Å². The van der Waals surface area contributed by atoms with E-state index in [1.165, 1.54) is 12.3 Å². The lowest BCUT2D eigenvalue weighted by Gasteiger charge is -2.20. The summed E-state index contributed by atoms with van der Waals surface area (Å²) >= 11 is 6.02. The zero-order chi connectivity index (χ0) is 14.9. The number of aryl methyl sites for hydroxylation is 2. The number of nitrogen functional groups attached to an aromatic ring is 1. The van der Waals surface area contributed by atoms with Crippen LogP contribution in [0.5, 0.6) is 0 Å². The van der Waals surface area contributed by atoms with Gasteiger partial charge in [0.1, 0.15) is 5.82 Å². The lowest BCUT2D eigenvalue weighted by atomic mass is 10.1. The molecule has 2 rings (SSSR count). The smallest absolute Gasteiger partial charge is 0.259 e. The third kappa shape index (κ3) is 2.75. The van der Waals surface area contributed by atoms with Crippen LogP contribution in [0.1, 0.15) is 21.5 Å². The van der Waals surface area contributed by atoms with Crippen molar-refractivity contribution in [3.8, 4) is 0 Å². The van der Waals surface area contributed by atoms with Crippen LogP contribution in [0.2, 0.25) is 5.02 Å². The normalized spacial score (nSPS) is 10.4. The molecular formula is C15H16ClN3O. The Bertz CT molecular complexity index is 670. The Balaban J connectivity index is 2.40. The molecule has 104 valence electrons. The van der Waals surface area contributed by atoms with Gasteiger partial charge in [0.2, 0.25) is 0 Å². The van der Waals surface area contributed by atoms with Crippen molar-refractivity contribution in [3.05, 3.63) is 52.2 Å². The second-order valence-corrected chi connectivity index (χ2v) is 5.15. The van der Waals surface area contributed by atoms with Gasteiger partial charge in [-0.25, -0.2) is 4.98 Å². The number of halogens is 1. The van der Waals surface area contributed by atoms with Crippen molar-refractivity contribution in [2.24, 2.45) is 0 Å². The second kappa shape index (κ2) is 5.51. The van der Waals surface area contributed by atoms with Crippen molar-refractivity contribution in [1.29, 1.82) is 0 Å². The minimum Gasteiger partial charge on any atom is -0.384 e. The maximum Gasteiger partial charge on any atom is 0.259 e. The average molecular weight is 290 g/mol. The number of anilines is 2. The first-order chi connectivity index (χ1) is 9.40. The Morgan fingerprint density at radius 3 is 2.65 bits per heavy atom. The number of nitrogens with zero attached hydrogens (tertiary/aromatic N) is 2. The molecule has 0 aliphatic heterocycles. The molecule has 0 unspecified atom stereocenters. The minimum absolute atomic E-state index is 0.212. The van der Waals surface area contributed by atoms with Crippen LogP contribution in [0.4, 0.5) is 11.5 Å². The van der Waals surface area contributed by atoms with Crippen LogP contribution in [0.3, 0.4) is 0 Å². The number of hydrogen-bond acceptors (Lipinski definition) is 3. The number of carbonyl (C=O) groups is 1. The van der Waals surface area contributed by atoms with Crippen LogP contribution >= 0.6 is 11.6 Å². The van der Waals surface area contributed by atoms with Crippen molar-refractivity contribution in [1.82, 2.24) is 4.98 Å². The van der Waals surface area contributed by atoms with Gasteiger partial charge in [-0.15, -0.1) is 0 Å². The van der Waals surface area contributed by atoms with Gasteiger partial charge in [0.05, 0.1) is 10.6 Å². The molecular weight excluding hydrogens is 274 g/mol. The van der Waals surface area contributed by atoms with Crippen molar-refractivity contribution < 1.29 is 4.79 Å². The van der Waals surface area contributed by atoms with Crippen molar-refractivity contribution in [2.75, 3.05) is 17.7 Å². The van der Waals surface area contributed by atoms with E-state index in [2.05, 4.69) is 4.98 Å². The molecule has 20 heavy (non-hydrogen) atoms. The van der Waals surface area contributed by atoms with E-state index in [4.69, 9.17) is 17.3 Å². The maximum atomic E-state index is 12.5. The highest BCUT2D eigenvalue weighted by Gasteiger charge is 2.18. The van der Waals surface area contributed by atoms with Crippen LogP contribution in [0.25, 0.3) is 0 Å². The number of benzene rings is 1. The number of nitrogens with two attached hydrogens (primary N) is 1. The summed E-state index contributed by atoms with van der Waals surface area (Å²) in [6, 6.07) is 7.40. The van der Waals surface area contributed by atoms with Gasteiger partial charge in [-0.1, -0.05) is 29.3 Å². The largest absolute Gasteiger partial charge is 0.384 e. The van der Waals surface area contributed by atoms with E-state index in [0.29, 0.717) is 10.6 Å². The van der Waals surface area contributed by atoms with E-state index in [-0.39, 0.29) is 11.7 Å². The highest BCUT2D eigenvalue weighted by Crippen LogP contribution is 2.24. The standard InChI is InChI=1S/C15H16ClN3O/c1-9-4-5-13(10(2)6-9)19(3)15(20)11-7-14(17)18-8-12(11)16/h4-8H,1-3H3,(H2,17,18). The molecule has 4 nitrogen and oxygen atoms in total. The average Bonchev–Trinajstić information content (AvgIpc) is 2.40. The predicted molar refractivity (Wildman–Crippen MR) is 82.3 cm³/mol. The maximum absolute atomic E-state index is 12.5. The molecule has 1 aromatic carbocycles. The van der Waals surface area contributed by atoms with Crippen LogP contribution < -0.4 is 10.6 Å². The molecule has 0 saturated heterocycles. The van der Waals surface area contributed by atoms with Gasteiger partial charge < -0.3 is 10.6 Å². The number of carbonyl (C=O) groups excluding carboxylic acids is 1. The van der Waals surface area contributed by atoms with Crippen molar-refractivity contribution in [2.45, 2.75) is 13.8 Å². The number of hydrogen-bond donors (Lipinski definition) is 1. The Morgan fingerprint density at radius 1 is 1.30 bits per heavy atom. The predicted octanol–water partition coefficient (Wildman–Crippen LogP) is 3.21. The SMILES string of the molecule is Cc1ccc(N(C)C(=O)c2cc(N)ncc2Cl)c(C)c1. The van der Waals surface area contributed by atoms with Gasteiger partial charge in [-0.05, 0) is 31.5 Å². The summed E-state index contributed by atoms with van der Waals surface area (Å²) in [6.07, 6.45) is 1.39. The van der Waals surface area contributed by atoms with Crippen LogP contribution in [0.15, 0.2) is 30.5 Å². The molecule has 0 atom stereocenters.